The van der Waals surface area contributed by atoms with Crippen molar-refractivity contribution in [3.8, 4) is 0 Å². The summed E-state index contributed by atoms with van der Waals surface area (Å²) in [5.41, 5.74) is 3.95. The van der Waals surface area contributed by atoms with E-state index in [0.29, 0.717) is 11.7 Å². The summed E-state index contributed by atoms with van der Waals surface area (Å²) >= 11 is 5.77. The number of hydrogen-bond donors (Lipinski definition) is 2. The van der Waals surface area contributed by atoms with Gasteiger partial charge in [0.2, 0.25) is 0 Å². The van der Waals surface area contributed by atoms with Crippen molar-refractivity contribution in [3.05, 3.63) is 81.6 Å². The van der Waals surface area contributed by atoms with Gasteiger partial charge in [0.1, 0.15) is 0 Å². The second-order valence-corrected chi connectivity index (χ2v) is 8.59. The lowest BCUT2D eigenvalue weighted by Gasteiger charge is -2.29. The van der Waals surface area contributed by atoms with Crippen molar-refractivity contribution >= 4 is 28.2 Å². The lowest BCUT2D eigenvalue weighted by molar-refractivity contribution is 0.320. The van der Waals surface area contributed by atoms with Gasteiger partial charge in [-0.15, -0.1) is 0 Å². The molecule has 1 aromatic heterocycles. The predicted octanol–water partition coefficient (Wildman–Crippen LogP) is 4.09. The van der Waals surface area contributed by atoms with E-state index >= 15 is 0 Å². The molecule has 1 unspecified atom stereocenters. The van der Waals surface area contributed by atoms with Crippen molar-refractivity contribution in [1.82, 2.24) is 20.1 Å². The van der Waals surface area contributed by atoms with Crippen LogP contribution >= 0.6 is 12.2 Å². The number of hydrogen-bond acceptors (Lipinski definition) is 3. The average molecular weight is 437 g/mol. The molecule has 0 aliphatic heterocycles. The van der Waals surface area contributed by atoms with E-state index in [2.05, 4.69) is 58.2 Å². The van der Waals surface area contributed by atoms with Gasteiger partial charge >= 0.3 is 0 Å². The Bertz CT molecular complexity index is 1080. The molecule has 1 atom stereocenters. The minimum Gasteiger partial charge on any atom is -0.356 e. The first-order valence-corrected chi connectivity index (χ1v) is 11.2. The summed E-state index contributed by atoms with van der Waals surface area (Å²) in [7, 11) is 4.08. The molecule has 0 saturated carbocycles. The third-order valence-electron chi connectivity index (χ3n) is 5.50. The number of nitrogens with zero attached hydrogens (tertiary/aromatic N) is 2. The molecule has 5 nitrogen and oxygen atoms in total. The highest BCUT2D eigenvalue weighted by molar-refractivity contribution is 7.80. The maximum atomic E-state index is 12.8. The number of nitrogens with one attached hydrogen (secondary N) is 2. The van der Waals surface area contributed by atoms with E-state index in [4.69, 9.17) is 12.2 Å². The molecule has 0 saturated heterocycles. The summed E-state index contributed by atoms with van der Waals surface area (Å²) in [5.74, 6) is 0. The Hall–Kier alpha value is -2.70. The molecule has 0 fully saturated rings. The Kier molecular flexibility index (Phi) is 7.82. The quantitative estimate of drug-likeness (QED) is 0.521. The summed E-state index contributed by atoms with van der Waals surface area (Å²) in [5, 5.41) is 5.15. The largest absolute Gasteiger partial charge is 0.356 e. The maximum Gasteiger partial charge on any atom is 0.253 e. The van der Waals surface area contributed by atoms with E-state index in [0.717, 1.165) is 36.0 Å². The van der Waals surface area contributed by atoms with Crippen LogP contribution in [0.25, 0.3) is 10.9 Å². The number of fused-ring (bicyclic) bond motifs is 1. The molecule has 2 N–H and O–H groups in total. The van der Waals surface area contributed by atoms with Crippen LogP contribution in [-0.2, 0) is 13.0 Å². The van der Waals surface area contributed by atoms with Crippen LogP contribution < -0.4 is 10.9 Å². The van der Waals surface area contributed by atoms with Gasteiger partial charge in [0, 0.05) is 24.2 Å². The van der Waals surface area contributed by atoms with Gasteiger partial charge in [0.15, 0.2) is 5.11 Å². The van der Waals surface area contributed by atoms with Gasteiger partial charge in [-0.1, -0.05) is 43.3 Å². The lowest BCUT2D eigenvalue weighted by Crippen LogP contribution is -2.44. The number of benzene rings is 2. The Labute approximate surface area is 190 Å². The molecule has 31 heavy (non-hydrogen) atoms. The van der Waals surface area contributed by atoms with Gasteiger partial charge in [0.25, 0.3) is 5.56 Å². The first-order chi connectivity index (χ1) is 14.9. The van der Waals surface area contributed by atoms with Crippen molar-refractivity contribution < 1.29 is 0 Å². The first kappa shape index (κ1) is 23.0. The van der Waals surface area contributed by atoms with Crippen molar-refractivity contribution in [3.63, 3.8) is 0 Å². The standard InChI is InChI=1S/C25H32N4OS/c1-5-19-11-12-23-21(15-19)16-22(24(30)27-23)17-29(14-13-28(3)4)25(31)26-18(2)20-9-7-6-8-10-20/h6-12,15-16,18H,5,13-14,17H2,1-4H3,(H,26,31)(H,27,30). The molecule has 0 aliphatic carbocycles. The van der Waals surface area contributed by atoms with E-state index in [9.17, 15) is 4.79 Å². The summed E-state index contributed by atoms with van der Waals surface area (Å²) in [6, 6.07) is 18.5. The summed E-state index contributed by atoms with van der Waals surface area (Å²) < 4.78 is 0. The minimum atomic E-state index is -0.0643. The normalized spacial score (nSPS) is 12.2. The SMILES string of the molecule is CCc1ccc2[nH]c(=O)c(CN(CCN(C)C)C(=S)NC(C)c3ccccc3)cc2c1. The maximum absolute atomic E-state index is 12.8. The number of aryl methyl sites for hydroxylation is 1. The second kappa shape index (κ2) is 10.6. The second-order valence-electron chi connectivity index (χ2n) is 8.21. The summed E-state index contributed by atoms with van der Waals surface area (Å²) in [6.07, 6.45) is 0.963. The van der Waals surface area contributed by atoms with Gasteiger partial charge in [-0.2, -0.15) is 0 Å². The zero-order chi connectivity index (χ0) is 22.4. The number of rotatable bonds is 8. The smallest absolute Gasteiger partial charge is 0.253 e. The highest BCUT2D eigenvalue weighted by Crippen LogP contribution is 2.16. The van der Waals surface area contributed by atoms with Crippen LogP contribution in [0.1, 0.15) is 36.6 Å². The van der Waals surface area contributed by atoms with Crippen LogP contribution in [0.3, 0.4) is 0 Å². The van der Waals surface area contributed by atoms with Crippen LogP contribution in [0.2, 0.25) is 0 Å². The summed E-state index contributed by atoms with van der Waals surface area (Å²) in [4.78, 5) is 20.0. The Morgan fingerprint density at radius 3 is 2.52 bits per heavy atom. The van der Waals surface area contributed by atoms with Gasteiger partial charge in [-0.3, -0.25) is 4.79 Å². The topological polar surface area (TPSA) is 51.4 Å². The molecule has 2 aromatic carbocycles. The van der Waals surface area contributed by atoms with E-state index in [1.165, 1.54) is 11.1 Å². The Balaban J connectivity index is 1.83. The molecule has 0 bridgehead atoms. The molecule has 6 heteroatoms. The molecule has 3 aromatic rings. The van der Waals surface area contributed by atoms with Crippen molar-refractivity contribution in [2.45, 2.75) is 32.9 Å². The Morgan fingerprint density at radius 2 is 1.84 bits per heavy atom. The molecule has 3 rings (SSSR count). The first-order valence-electron chi connectivity index (χ1n) is 10.8. The fourth-order valence-corrected chi connectivity index (χ4v) is 3.85. The zero-order valence-electron chi connectivity index (χ0n) is 18.8. The van der Waals surface area contributed by atoms with Crippen molar-refractivity contribution in [2.24, 2.45) is 0 Å². The van der Waals surface area contributed by atoms with Crippen LogP contribution in [0, 0.1) is 0 Å². The van der Waals surface area contributed by atoms with Crippen LogP contribution in [-0.4, -0.2) is 47.1 Å². The van der Waals surface area contributed by atoms with E-state index in [1.54, 1.807) is 0 Å². The highest BCUT2D eigenvalue weighted by atomic mass is 32.1. The highest BCUT2D eigenvalue weighted by Gasteiger charge is 2.16. The molecule has 0 aliphatic rings. The predicted molar refractivity (Wildman–Crippen MR) is 134 cm³/mol. The molecule has 164 valence electrons. The number of thiocarbonyl (C=S) groups is 1. The Morgan fingerprint density at radius 1 is 1.10 bits per heavy atom. The van der Waals surface area contributed by atoms with E-state index in [-0.39, 0.29) is 11.6 Å². The molecule has 0 amide bonds. The molecular formula is C25H32N4OS. The molecule has 0 radical (unpaired) electrons. The minimum absolute atomic E-state index is 0.0643. The average Bonchev–Trinajstić information content (AvgIpc) is 2.76. The number of aromatic nitrogens is 1. The van der Waals surface area contributed by atoms with Crippen molar-refractivity contribution in [2.75, 3.05) is 27.2 Å². The van der Waals surface area contributed by atoms with Crippen LogP contribution in [0.5, 0.6) is 0 Å². The van der Waals surface area contributed by atoms with Crippen LogP contribution in [0.15, 0.2) is 59.4 Å². The van der Waals surface area contributed by atoms with E-state index < -0.39 is 0 Å². The molecular weight excluding hydrogens is 404 g/mol. The fourth-order valence-electron chi connectivity index (χ4n) is 3.52. The van der Waals surface area contributed by atoms with Gasteiger partial charge < -0.3 is 20.1 Å². The van der Waals surface area contributed by atoms with Gasteiger partial charge in [-0.05, 0) is 74.4 Å². The number of likely N-dealkylation sites (N-methyl/N-ethyl adjacent to an activating group) is 1. The monoisotopic (exact) mass is 436 g/mol. The van der Waals surface area contributed by atoms with Crippen LogP contribution in [0.4, 0.5) is 0 Å². The number of aromatic amines is 1. The fraction of sp³-hybridized carbons (Fsp3) is 0.360. The lowest BCUT2D eigenvalue weighted by atomic mass is 10.1. The number of pyridine rings is 1. The third-order valence-corrected chi connectivity index (χ3v) is 5.87. The van der Waals surface area contributed by atoms with E-state index in [1.807, 2.05) is 44.4 Å². The van der Waals surface area contributed by atoms with Gasteiger partial charge in [-0.25, -0.2) is 0 Å². The molecule has 0 spiro atoms. The number of H-pyrrole nitrogens is 1. The zero-order valence-corrected chi connectivity index (χ0v) is 19.6. The van der Waals surface area contributed by atoms with Gasteiger partial charge in [0.05, 0.1) is 12.6 Å². The van der Waals surface area contributed by atoms with Crippen molar-refractivity contribution in [1.29, 1.82) is 0 Å². The summed E-state index contributed by atoms with van der Waals surface area (Å²) in [6.45, 7) is 6.26. The third kappa shape index (κ3) is 6.15. The molecule has 1 heterocycles.